The van der Waals surface area contributed by atoms with E-state index in [-0.39, 0.29) is 11.9 Å². The number of benzene rings is 3. The van der Waals surface area contributed by atoms with Gasteiger partial charge in [0.1, 0.15) is 0 Å². The van der Waals surface area contributed by atoms with Crippen LogP contribution in [0.5, 0.6) is 0 Å². The molecule has 0 saturated carbocycles. The van der Waals surface area contributed by atoms with E-state index in [2.05, 4.69) is 61.2 Å². The van der Waals surface area contributed by atoms with Crippen LogP contribution in [0.1, 0.15) is 39.9 Å². The van der Waals surface area contributed by atoms with Crippen molar-refractivity contribution in [1.82, 2.24) is 4.90 Å². The Morgan fingerprint density at radius 3 is 2.20 bits per heavy atom. The van der Waals surface area contributed by atoms with Gasteiger partial charge in [0.05, 0.1) is 0 Å². The fourth-order valence-electron chi connectivity index (χ4n) is 4.40. The molecule has 0 unspecified atom stereocenters. The molecule has 0 aromatic heterocycles. The van der Waals surface area contributed by atoms with Gasteiger partial charge in [0, 0.05) is 36.9 Å². The maximum absolute atomic E-state index is 13.5. The minimum atomic E-state index is 0.0957. The summed E-state index contributed by atoms with van der Waals surface area (Å²) in [5.74, 6) is 0.0957. The van der Waals surface area contributed by atoms with Crippen molar-refractivity contribution in [2.24, 2.45) is 0 Å². The van der Waals surface area contributed by atoms with Crippen LogP contribution < -0.4 is 4.90 Å². The summed E-state index contributed by atoms with van der Waals surface area (Å²) in [5, 5.41) is 0. The van der Waals surface area contributed by atoms with Gasteiger partial charge in [-0.05, 0) is 62.1 Å². The Morgan fingerprint density at radius 1 is 0.867 bits per heavy atom. The van der Waals surface area contributed by atoms with E-state index in [4.69, 9.17) is 0 Å². The van der Waals surface area contributed by atoms with Gasteiger partial charge < -0.3 is 4.90 Å². The summed E-state index contributed by atoms with van der Waals surface area (Å²) >= 11 is 0. The molecule has 0 aliphatic carbocycles. The molecule has 0 bridgehead atoms. The maximum atomic E-state index is 13.5. The summed E-state index contributed by atoms with van der Waals surface area (Å²) in [5.41, 5.74) is 5.60. The number of hydrogen-bond donors (Lipinski definition) is 0. The second-order valence-electron chi connectivity index (χ2n) is 8.38. The predicted octanol–water partition coefficient (Wildman–Crippen LogP) is 5.61. The number of hydrogen-bond acceptors (Lipinski definition) is 2. The maximum Gasteiger partial charge on any atom is 0.258 e. The average Bonchev–Trinajstić information content (AvgIpc) is 2.76. The van der Waals surface area contributed by atoms with Gasteiger partial charge in [0.25, 0.3) is 5.91 Å². The van der Waals surface area contributed by atoms with E-state index in [0.29, 0.717) is 0 Å². The molecule has 30 heavy (non-hydrogen) atoms. The number of amides is 1. The van der Waals surface area contributed by atoms with E-state index >= 15 is 0 Å². The topological polar surface area (TPSA) is 23.6 Å². The van der Waals surface area contributed by atoms with Crippen molar-refractivity contribution in [3.63, 3.8) is 0 Å². The molecule has 154 valence electrons. The molecule has 3 heteroatoms. The van der Waals surface area contributed by atoms with Crippen LogP contribution in [0.25, 0.3) is 0 Å². The quantitative estimate of drug-likeness (QED) is 0.557. The van der Waals surface area contributed by atoms with Gasteiger partial charge in [-0.15, -0.1) is 0 Å². The van der Waals surface area contributed by atoms with E-state index in [9.17, 15) is 4.79 Å². The van der Waals surface area contributed by atoms with E-state index in [0.717, 1.165) is 43.7 Å². The largest absolute Gasteiger partial charge is 0.305 e. The molecule has 0 atom stereocenters. The van der Waals surface area contributed by atoms with Crippen LogP contribution in [0.15, 0.2) is 78.9 Å². The Balaban J connectivity index is 1.51. The molecule has 4 rings (SSSR count). The predicted molar refractivity (Wildman–Crippen MR) is 124 cm³/mol. The van der Waals surface area contributed by atoms with Crippen molar-refractivity contribution >= 4 is 11.6 Å². The number of likely N-dealkylation sites (tertiary alicyclic amines) is 1. The number of piperidine rings is 1. The number of anilines is 1. The van der Waals surface area contributed by atoms with Crippen molar-refractivity contribution in [2.75, 3.05) is 18.0 Å². The second kappa shape index (κ2) is 9.27. The van der Waals surface area contributed by atoms with Crippen molar-refractivity contribution in [1.29, 1.82) is 0 Å². The van der Waals surface area contributed by atoms with Crippen molar-refractivity contribution in [2.45, 2.75) is 39.3 Å². The molecule has 1 fully saturated rings. The summed E-state index contributed by atoms with van der Waals surface area (Å²) in [6, 6.07) is 26.9. The zero-order chi connectivity index (χ0) is 20.9. The van der Waals surface area contributed by atoms with Crippen LogP contribution in [0.3, 0.4) is 0 Å². The molecular weight excluding hydrogens is 368 g/mol. The third-order valence-electron chi connectivity index (χ3n) is 5.93. The third-order valence-corrected chi connectivity index (χ3v) is 5.93. The molecule has 1 amide bonds. The number of carbonyl (C=O) groups is 1. The normalized spacial score (nSPS) is 15.1. The smallest absolute Gasteiger partial charge is 0.258 e. The van der Waals surface area contributed by atoms with E-state index < -0.39 is 0 Å². The first kappa shape index (κ1) is 20.4. The standard InChI is InChI=1S/C27H30N2O/c1-21-8-6-10-23(18-21)20-28-16-14-25(15-17-28)29(26-13-7-9-22(2)19-26)27(30)24-11-4-3-5-12-24/h3-13,18-19,25H,14-17,20H2,1-2H3. The van der Waals surface area contributed by atoms with Crippen LogP contribution in [0, 0.1) is 13.8 Å². The highest BCUT2D eigenvalue weighted by atomic mass is 16.2. The fraction of sp³-hybridized carbons (Fsp3) is 0.296. The zero-order valence-corrected chi connectivity index (χ0v) is 17.9. The van der Waals surface area contributed by atoms with Crippen LogP contribution in [-0.2, 0) is 6.54 Å². The Bertz CT molecular complexity index is 991. The first-order chi connectivity index (χ1) is 14.6. The molecule has 0 radical (unpaired) electrons. The number of nitrogens with zero attached hydrogens (tertiary/aromatic N) is 2. The molecule has 1 saturated heterocycles. The van der Waals surface area contributed by atoms with Gasteiger partial charge in [-0.25, -0.2) is 0 Å². The van der Waals surface area contributed by atoms with Gasteiger partial charge in [-0.1, -0.05) is 60.2 Å². The minimum Gasteiger partial charge on any atom is -0.305 e. The van der Waals surface area contributed by atoms with Gasteiger partial charge in [0.15, 0.2) is 0 Å². The van der Waals surface area contributed by atoms with Gasteiger partial charge in [-0.2, -0.15) is 0 Å². The van der Waals surface area contributed by atoms with Crippen LogP contribution in [0.2, 0.25) is 0 Å². The minimum absolute atomic E-state index is 0.0957. The van der Waals surface area contributed by atoms with Crippen molar-refractivity contribution in [3.8, 4) is 0 Å². The number of aryl methyl sites for hydroxylation is 2. The molecule has 1 heterocycles. The lowest BCUT2D eigenvalue weighted by Gasteiger charge is -2.39. The van der Waals surface area contributed by atoms with E-state index in [1.165, 1.54) is 16.7 Å². The third kappa shape index (κ3) is 4.80. The highest BCUT2D eigenvalue weighted by molar-refractivity contribution is 6.06. The first-order valence-corrected chi connectivity index (χ1v) is 10.8. The lowest BCUT2D eigenvalue weighted by molar-refractivity contribution is 0.0958. The molecule has 0 spiro atoms. The van der Waals surface area contributed by atoms with E-state index in [1.807, 2.05) is 41.3 Å². The molecule has 1 aliphatic rings. The van der Waals surface area contributed by atoms with Gasteiger partial charge >= 0.3 is 0 Å². The summed E-state index contributed by atoms with van der Waals surface area (Å²) in [6.07, 6.45) is 1.97. The number of rotatable bonds is 5. The molecule has 1 aliphatic heterocycles. The average molecular weight is 399 g/mol. The lowest BCUT2D eigenvalue weighted by atomic mass is 9.99. The zero-order valence-electron chi connectivity index (χ0n) is 17.9. The SMILES string of the molecule is Cc1cccc(CN2CCC(N(C(=O)c3ccccc3)c3cccc(C)c3)CC2)c1. The van der Waals surface area contributed by atoms with Crippen LogP contribution >= 0.6 is 0 Å². The fourth-order valence-corrected chi connectivity index (χ4v) is 4.40. The van der Waals surface area contributed by atoms with Crippen molar-refractivity contribution in [3.05, 3.63) is 101 Å². The molecule has 0 N–H and O–H groups in total. The Hall–Kier alpha value is -2.91. The summed E-state index contributed by atoms with van der Waals surface area (Å²) < 4.78 is 0. The van der Waals surface area contributed by atoms with Crippen molar-refractivity contribution < 1.29 is 4.79 Å². The Morgan fingerprint density at radius 2 is 1.53 bits per heavy atom. The molecule has 3 aromatic carbocycles. The monoisotopic (exact) mass is 398 g/mol. The van der Waals surface area contributed by atoms with Gasteiger partial charge in [0.2, 0.25) is 0 Å². The van der Waals surface area contributed by atoms with Gasteiger partial charge in [-0.3, -0.25) is 9.69 Å². The Labute approximate surface area is 180 Å². The molecular formula is C27H30N2O. The van der Waals surface area contributed by atoms with Crippen LogP contribution in [0.4, 0.5) is 5.69 Å². The van der Waals surface area contributed by atoms with Crippen LogP contribution in [-0.4, -0.2) is 29.9 Å². The molecule has 3 aromatic rings. The summed E-state index contributed by atoms with van der Waals surface area (Å²) in [4.78, 5) is 18.0. The lowest BCUT2D eigenvalue weighted by Crippen LogP contribution is -2.47. The highest BCUT2D eigenvalue weighted by Crippen LogP contribution is 2.27. The van der Waals surface area contributed by atoms with E-state index in [1.54, 1.807) is 0 Å². The number of carbonyl (C=O) groups excluding carboxylic acids is 1. The summed E-state index contributed by atoms with van der Waals surface area (Å²) in [7, 11) is 0. The Kier molecular flexibility index (Phi) is 6.29. The molecule has 3 nitrogen and oxygen atoms in total. The second-order valence-corrected chi connectivity index (χ2v) is 8.38. The summed E-state index contributed by atoms with van der Waals surface area (Å²) in [6.45, 7) is 7.21. The highest BCUT2D eigenvalue weighted by Gasteiger charge is 2.30. The first-order valence-electron chi connectivity index (χ1n) is 10.8.